The molecule has 2 aromatic rings. The van der Waals surface area contributed by atoms with Crippen molar-refractivity contribution in [3.8, 4) is 11.5 Å². The molecular weight excluding hydrogens is 494 g/mol. The predicted molar refractivity (Wildman–Crippen MR) is 145 cm³/mol. The van der Waals surface area contributed by atoms with Gasteiger partial charge in [0.2, 0.25) is 21.8 Å². The number of hydrogen-bond donors (Lipinski definition) is 1. The highest BCUT2D eigenvalue weighted by atomic mass is 32.2. The van der Waals surface area contributed by atoms with E-state index in [2.05, 4.69) is 5.32 Å². The van der Waals surface area contributed by atoms with Gasteiger partial charge in [0.1, 0.15) is 24.1 Å². The van der Waals surface area contributed by atoms with Gasteiger partial charge in [0.25, 0.3) is 0 Å². The van der Waals surface area contributed by atoms with Gasteiger partial charge in [0.15, 0.2) is 0 Å². The van der Waals surface area contributed by atoms with Gasteiger partial charge in [-0.1, -0.05) is 50.6 Å². The zero-order valence-corrected chi connectivity index (χ0v) is 23.6. The molecule has 0 aliphatic rings. The molecule has 0 aliphatic carbocycles. The van der Waals surface area contributed by atoms with Crippen LogP contribution in [0.5, 0.6) is 11.5 Å². The molecule has 0 fully saturated rings. The van der Waals surface area contributed by atoms with E-state index in [0.29, 0.717) is 18.7 Å². The molecule has 0 saturated carbocycles. The second-order valence-electron chi connectivity index (χ2n) is 9.38. The quantitative estimate of drug-likeness (QED) is 0.423. The molecule has 2 amide bonds. The molecule has 2 aromatic carbocycles. The number of hydrogen-bond acceptors (Lipinski definition) is 6. The van der Waals surface area contributed by atoms with Gasteiger partial charge in [-0.3, -0.25) is 13.9 Å². The Morgan fingerprint density at radius 3 is 2.19 bits per heavy atom. The second-order valence-corrected chi connectivity index (χ2v) is 11.3. The number of amides is 2. The molecule has 9 nitrogen and oxygen atoms in total. The lowest BCUT2D eigenvalue weighted by Gasteiger charge is -2.33. The second kappa shape index (κ2) is 13.3. The fourth-order valence-electron chi connectivity index (χ4n) is 3.82. The number of nitrogens with zero attached hydrogens (tertiary/aromatic N) is 2. The van der Waals surface area contributed by atoms with E-state index in [1.807, 2.05) is 52.0 Å². The molecule has 0 spiro atoms. The maximum absolute atomic E-state index is 13.8. The van der Waals surface area contributed by atoms with Crippen LogP contribution >= 0.6 is 0 Å². The Bertz CT molecular complexity index is 1170. The predicted octanol–water partition coefficient (Wildman–Crippen LogP) is 3.36. The number of ether oxygens (including phenoxy) is 2. The molecule has 0 bridgehead atoms. The molecular formula is C27H39N3O6S. The minimum Gasteiger partial charge on any atom is -0.497 e. The highest BCUT2D eigenvalue weighted by molar-refractivity contribution is 7.92. The maximum Gasteiger partial charge on any atom is 0.244 e. The van der Waals surface area contributed by atoms with Crippen LogP contribution in [-0.2, 0) is 26.2 Å². The van der Waals surface area contributed by atoms with Crippen LogP contribution in [0.1, 0.15) is 38.3 Å². The Balaban J connectivity index is 2.50. The van der Waals surface area contributed by atoms with Crippen molar-refractivity contribution in [2.75, 3.05) is 37.9 Å². The van der Waals surface area contributed by atoms with E-state index in [9.17, 15) is 18.0 Å². The summed E-state index contributed by atoms with van der Waals surface area (Å²) in [5, 5.41) is 2.91. The number of carbonyl (C=O) groups is 2. The summed E-state index contributed by atoms with van der Waals surface area (Å²) in [6, 6.07) is 11.6. The monoisotopic (exact) mass is 533 g/mol. The summed E-state index contributed by atoms with van der Waals surface area (Å²) in [6.07, 6.45) is 1.39. The minimum absolute atomic E-state index is 0.152. The summed E-state index contributed by atoms with van der Waals surface area (Å²) < 4.78 is 37.4. The lowest BCUT2D eigenvalue weighted by atomic mass is 10.1. The average Bonchev–Trinajstić information content (AvgIpc) is 2.85. The zero-order valence-electron chi connectivity index (χ0n) is 22.8. The van der Waals surface area contributed by atoms with Gasteiger partial charge in [-0.2, -0.15) is 0 Å². The normalized spacial score (nSPS) is 12.1. The van der Waals surface area contributed by atoms with E-state index in [1.54, 1.807) is 12.1 Å². The number of aryl methyl sites for hydroxylation is 1. The third-order valence-corrected chi connectivity index (χ3v) is 7.00. The molecule has 1 atom stereocenters. The first-order valence-corrected chi connectivity index (χ1v) is 14.1. The van der Waals surface area contributed by atoms with Gasteiger partial charge in [-0.15, -0.1) is 0 Å². The first-order chi connectivity index (χ1) is 17.4. The average molecular weight is 534 g/mol. The van der Waals surface area contributed by atoms with Crippen LogP contribution in [0.2, 0.25) is 0 Å². The number of sulfonamides is 1. The van der Waals surface area contributed by atoms with Crippen molar-refractivity contribution >= 4 is 27.5 Å². The Kier molecular flexibility index (Phi) is 10.8. The number of benzene rings is 2. The topological polar surface area (TPSA) is 105 Å². The van der Waals surface area contributed by atoms with E-state index in [0.717, 1.165) is 21.7 Å². The number of anilines is 1. The molecule has 0 saturated heterocycles. The van der Waals surface area contributed by atoms with E-state index >= 15 is 0 Å². The summed E-state index contributed by atoms with van der Waals surface area (Å²) in [7, 11) is -1.02. The summed E-state index contributed by atoms with van der Waals surface area (Å²) >= 11 is 0. The van der Waals surface area contributed by atoms with Crippen LogP contribution in [0.3, 0.4) is 0 Å². The Labute approximate surface area is 220 Å². The number of rotatable bonds is 13. The maximum atomic E-state index is 13.8. The van der Waals surface area contributed by atoms with Gasteiger partial charge < -0.3 is 19.7 Å². The summed E-state index contributed by atoms with van der Waals surface area (Å²) in [6.45, 7) is 7.88. The summed E-state index contributed by atoms with van der Waals surface area (Å²) in [5.41, 5.74) is 2.07. The van der Waals surface area contributed by atoms with Crippen LogP contribution in [0.15, 0.2) is 42.5 Å². The van der Waals surface area contributed by atoms with Gasteiger partial charge >= 0.3 is 0 Å². The van der Waals surface area contributed by atoms with Crippen molar-refractivity contribution in [2.45, 2.75) is 46.7 Å². The van der Waals surface area contributed by atoms with Crippen LogP contribution in [0.25, 0.3) is 0 Å². The fraction of sp³-hybridized carbons (Fsp3) is 0.481. The summed E-state index contributed by atoms with van der Waals surface area (Å²) in [4.78, 5) is 28.4. The molecule has 0 heterocycles. The molecule has 0 aromatic heterocycles. The molecule has 10 heteroatoms. The van der Waals surface area contributed by atoms with Crippen molar-refractivity contribution in [3.63, 3.8) is 0 Å². The molecule has 0 unspecified atom stereocenters. The SMILES string of the molecule is CC[C@H](C(=O)NCC(C)C)N(Cc1ccc(C)cc1)C(=O)CN(c1cc(OC)ccc1OC)S(C)(=O)=O. The van der Waals surface area contributed by atoms with E-state index < -0.39 is 28.5 Å². The van der Waals surface area contributed by atoms with E-state index in [1.165, 1.54) is 25.2 Å². The van der Waals surface area contributed by atoms with Gasteiger partial charge in [-0.05, 0) is 37.0 Å². The Morgan fingerprint density at radius 2 is 1.68 bits per heavy atom. The Hall–Kier alpha value is -3.27. The third kappa shape index (κ3) is 8.38. The highest BCUT2D eigenvalue weighted by Crippen LogP contribution is 2.34. The third-order valence-electron chi connectivity index (χ3n) is 5.88. The number of methoxy groups -OCH3 is 2. The first-order valence-electron chi connectivity index (χ1n) is 12.2. The van der Waals surface area contributed by atoms with Gasteiger partial charge in [0.05, 0.1) is 26.2 Å². The fourth-order valence-corrected chi connectivity index (χ4v) is 4.66. The van der Waals surface area contributed by atoms with Crippen molar-refractivity contribution in [3.05, 3.63) is 53.6 Å². The largest absolute Gasteiger partial charge is 0.497 e. The lowest BCUT2D eigenvalue weighted by molar-refractivity contribution is -0.140. The van der Waals surface area contributed by atoms with Crippen molar-refractivity contribution in [1.82, 2.24) is 10.2 Å². The molecule has 37 heavy (non-hydrogen) atoms. The van der Waals surface area contributed by atoms with E-state index in [-0.39, 0.29) is 29.8 Å². The molecule has 2 rings (SSSR count). The van der Waals surface area contributed by atoms with Crippen LogP contribution in [0, 0.1) is 12.8 Å². The van der Waals surface area contributed by atoms with Crippen molar-refractivity contribution in [1.29, 1.82) is 0 Å². The van der Waals surface area contributed by atoms with Crippen molar-refractivity contribution < 1.29 is 27.5 Å². The Morgan fingerprint density at radius 1 is 1.03 bits per heavy atom. The number of carbonyl (C=O) groups excluding carboxylic acids is 2. The molecule has 204 valence electrons. The highest BCUT2D eigenvalue weighted by Gasteiger charge is 2.32. The zero-order chi connectivity index (χ0) is 27.8. The lowest BCUT2D eigenvalue weighted by Crippen LogP contribution is -2.52. The minimum atomic E-state index is -3.91. The summed E-state index contributed by atoms with van der Waals surface area (Å²) in [5.74, 6) is 0.131. The smallest absolute Gasteiger partial charge is 0.244 e. The molecule has 1 N–H and O–H groups in total. The van der Waals surface area contributed by atoms with Crippen LogP contribution in [-0.4, -0.2) is 64.7 Å². The van der Waals surface area contributed by atoms with Gasteiger partial charge in [-0.25, -0.2) is 8.42 Å². The van der Waals surface area contributed by atoms with Crippen LogP contribution < -0.4 is 19.1 Å². The number of nitrogens with one attached hydrogen (secondary N) is 1. The molecule has 0 aliphatic heterocycles. The molecule has 0 radical (unpaired) electrons. The van der Waals surface area contributed by atoms with Gasteiger partial charge in [0, 0.05) is 19.2 Å². The van der Waals surface area contributed by atoms with Crippen LogP contribution in [0.4, 0.5) is 5.69 Å². The first kappa shape index (κ1) is 30.0. The van der Waals surface area contributed by atoms with Crippen molar-refractivity contribution in [2.24, 2.45) is 5.92 Å². The standard InChI is InChI=1S/C27H39N3O6S/c1-8-23(27(32)28-16-19(2)3)29(17-21-11-9-20(4)10-12-21)26(31)18-30(37(7,33)34)24-15-22(35-5)13-14-25(24)36-6/h9-15,19,23H,8,16-18H2,1-7H3,(H,28,32)/t23-/m1/s1. The van der Waals surface area contributed by atoms with E-state index in [4.69, 9.17) is 9.47 Å².